The molecule has 0 saturated carbocycles. The molecule has 18 heavy (non-hydrogen) atoms. The third kappa shape index (κ3) is 3.85. The molecule has 6 heteroatoms. The number of nitrogens with two attached hydrogens (primary N) is 1. The molecule has 0 aliphatic heterocycles. The molecule has 0 fully saturated rings. The highest BCUT2D eigenvalue weighted by Gasteiger charge is 2.20. The summed E-state index contributed by atoms with van der Waals surface area (Å²) in [6.07, 6.45) is 0.538. The molecule has 0 aromatic heterocycles. The normalized spacial score (nSPS) is 12.1. The molecular weight excluding hydrogens is 261 g/mol. The van der Waals surface area contributed by atoms with Crippen LogP contribution in [0.15, 0.2) is 12.1 Å². The van der Waals surface area contributed by atoms with E-state index >= 15 is 0 Å². The number of carboxylic acids is 1. The molecule has 1 atom stereocenters. The van der Waals surface area contributed by atoms with Gasteiger partial charge in [-0.15, -0.1) is 12.4 Å². The highest BCUT2D eigenvalue weighted by molar-refractivity contribution is 5.91. The molecule has 1 rings (SSSR count). The number of rotatable bonds is 4. The summed E-state index contributed by atoms with van der Waals surface area (Å²) < 4.78 is 13.2. The average Bonchev–Trinajstić information content (AvgIpc) is 2.19. The summed E-state index contributed by atoms with van der Waals surface area (Å²) in [5.41, 5.74) is 5.49. The van der Waals surface area contributed by atoms with Crippen LogP contribution in [0.1, 0.15) is 42.2 Å². The Labute approximate surface area is 111 Å². The van der Waals surface area contributed by atoms with E-state index in [2.05, 4.69) is 0 Å². The predicted molar refractivity (Wildman–Crippen MR) is 68.7 cm³/mol. The zero-order valence-corrected chi connectivity index (χ0v) is 11.0. The van der Waals surface area contributed by atoms with E-state index in [-0.39, 0.29) is 23.9 Å². The van der Waals surface area contributed by atoms with Gasteiger partial charge >= 0.3 is 5.97 Å². The molecule has 4 N–H and O–H groups in total. The minimum absolute atomic E-state index is 0. The molecule has 0 unspecified atom stereocenters. The SMILES string of the molecule is CC(C)C[C@@H](N)c1cc(F)cc(C(=O)O)c1O.Cl. The second-order valence-corrected chi connectivity index (χ2v) is 4.43. The lowest BCUT2D eigenvalue weighted by Gasteiger charge is -2.17. The van der Waals surface area contributed by atoms with Crippen molar-refractivity contribution >= 4 is 18.4 Å². The number of benzene rings is 1. The lowest BCUT2D eigenvalue weighted by Crippen LogP contribution is -2.14. The molecule has 0 bridgehead atoms. The number of halogens is 2. The molecule has 0 aliphatic rings. The summed E-state index contributed by atoms with van der Waals surface area (Å²) in [6.45, 7) is 3.88. The first-order valence-electron chi connectivity index (χ1n) is 5.34. The zero-order valence-electron chi connectivity index (χ0n) is 10.2. The quantitative estimate of drug-likeness (QED) is 0.790. The van der Waals surface area contributed by atoms with Crippen LogP contribution in [0.3, 0.4) is 0 Å². The molecule has 1 aromatic rings. The van der Waals surface area contributed by atoms with Gasteiger partial charge in [-0.25, -0.2) is 9.18 Å². The predicted octanol–water partition coefficient (Wildman–Crippen LogP) is 2.70. The van der Waals surface area contributed by atoms with E-state index in [9.17, 15) is 14.3 Å². The van der Waals surface area contributed by atoms with Crippen LogP contribution in [-0.2, 0) is 0 Å². The number of aromatic carboxylic acids is 1. The van der Waals surface area contributed by atoms with Crippen molar-refractivity contribution in [2.24, 2.45) is 11.7 Å². The van der Waals surface area contributed by atoms with Gasteiger partial charge in [0.05, 0.1) is 0 Å². The monoisotopic (exact) mass is 277 g/mol. The number of hydrogen-bond acceptors (Lipinski definition) is 3. The minimum Gasteiger partial charge on any atom is -0.507 e. The fourth-order valence-electron chi connectivity index (χ4n) is 1.70. The Morgan fingerprint density at radius 3 is 2.44 bits per heavy atom. The van der Waals surface area contributed by atoms with Crippen molar-refractivity contribution in [3.8, 4) is 5.75 Å². The molecule has 1 aromatic carbocycles. The van der Waals surface area contributed by atoms with Crippen LogP contribution in [0.25, 0.3) is 0 Å². The van der Waals surface area contributed by atoms with Crippen LogP contribution >= 0.6 is 12.4 Å². The summed E-state index contributed by atoms with van der Waals surface area (Å²) in [5, 5.41) is 18.6. The van der Waals surface area contributed by atoms with Gasteiger partial charge in [0.25, 0.3) is 0 Å². The fraction of sp³-hybridized carbons (Fsp3) is 0.417. The minimum atomic E-state index is -1.38. The molecule has 0 spiro atoms. The second kappa shape index (κ2) is 6.56. The maximum absolute atomic E-state index is 13.2. The molecule has 0 amide bonds. The Morgan fingerprint density at radius 1 is 1.44 bits per heavy atom. The van der Waals surface area contributed by atoms with Crippen molar-refractivity contribution in [1.29, 1.82) is 0 Å². The zero-order chi connectivity index (χ0) is 13.2. The van der Waals surface area contributed by atoms with Crippen LogP contribution < -0.4 is 5.73 Å². The van der Waals surface area contributed by atoms with Crippen LogP contribution in [0.5, 0.6) is 5.75 Å². The Kier molecular flexibility index (Phi) is 6.08. The Hall–Kier alpha value is -1.33. The van der Waals surface area contributed by atoms with Gasteiger partial charge in [0.1, 0.15) is 17.1 Å². The fourth-order valence-corrected chi connectivity index (χ4v) is 1.70. The largest absolute Gasteiger partial charge is 0.507 e. The third-order valence-corrected chi connectivity index (χ3v) is 2.46. The molecule has 4 nitrogen and oxygen atoms in total. The van der Waals surface area contributed by atoms with Gasteiger partial charge in [-0.3, -0.25) is 0 Å². The first-order chi connectivity index (χ1) is 7.82. The molecule has 0 radical (unpaired) electrons. The Bertz CT molecular complexity index is 438. The number of hydrogen-bond donors (Lipinski definition) is 3. The number of carboxylic acid groups (broad SMARTS) is 1. The average molecular weight is 278 g/mol. The van der Waals surface area contributed by atoms with Gasteiger partial charge in [-0.2, -0.15) is 0 Å². The highest BCUT2D eigenvalue weighted by Crippen LogP contribution is 2.31. The Morgan fingerprint density at radius 2 is 2.00 bits per heavy atom. The molecule has 0 saturated heterocycles. The molecule has 102 valence electrons. The molecule has 0 heterocycles. The van der Waals surface area contributed by atoms with Crippen molar-refractivity contribution in [1.82, 2.24) is 0 Å². The van der Waals surface area contributed by atoms with Crippen LogP contribution in [-0.4, -0.2) is 16.2 Å². The summed E-state index contributed by atoms with van der Waals surface area (Å²) in [5.74, 6) is -2.28. The Balaban J connectivity index is 0.00000289. The van der Waals surface area contributed by atoms with Gasteiger partial charge in [-0.1, -0.05) is 13.8 Å². The maximum Gasteiger partial charge on any atom is 0.339 e. The van der Waals surface area contributed by atoms with E-state index in [0.717, 1.165) is 12.1 Å². The van der Waals surface area contributed by atoms with Crippen molar-refractivity contribution in [3.05, 3.63) is 29.1 Å². The van der Waals surface area contributed by atoms with Gasteiger partial charge in [0.2, 0.25) is 0 Å². The van der Waals surface area contributed by atoms with E-state index in [0.29, 0.717) is 6.42 Å². The van der Waals surface area contributed by atoms with E-state index in [1.807, 2.05) is 13.8 Å². The van der Waals surface area contributed by atoms with Crippen molar-refractivity contribution in [2.75, 3.05) is 0 Å². The molecule has 0 aliphatic carbocycles. The van der Waals surface area contributed by atoms with Crippen molar-refractivity contribution in [3.63, 3.8) is 0 Å². The summed E-state index contributed by atoms with van der Waals surface area (Å²) in [4.78, 5) is 10.8. The number of aromatic hydroxyl groups is 1. The summed E-state index contributed by atoms with van der Waals surface area (Å²) in [6, 6.07) is 1.28. The lowest BCUT2D eigenvalue weighted by molar-refractivity contribution is 0.0693. The number of carbonyl (C=O) groups is 1. The van der Waals surface area contributed by atoms with E-state index in [1.54, 1.807) is 0 Å². The standard InChI is InChI=1S/C12H16FNO3.ClH/c1-6(2)3-10(14)8-4-7(13)5-9(11(8)15)12(16)17;/h4-6,10,15H,3,14H2,1-2H3,(H,16,17);1H/t10-;/m1./s1. The van der Waals surface area contributed by atoms with Crippen molar-refractivity contribution < 1.29 is 19.4 Å². The second-order valence-electron chi connectivity index (χ2n) is 4.43. The van der Waals surface area contributed by atoms with Gasteiger partial charge in [-0.05, 0) is 24.5 Å². The van der Waals surface area contributed by atoms with Crippen LogP contribution in [0.2, 0.25) is 0 Å². The van der Waals surface area contributed by atoms with E-state index in [4.69, 9.17) is 10.8 Å². The highest BCUT2D eigenvalue weighted by atomic mass is 35.5. The third-order valence-electron chi connectivity index (χ3n) is 2.46. The smallest absolute Gasteiger partial charge is 0.339 e. The van der Waals surface area contributed by atoms with E-state index < -0.39 is 29.1 Å². The van der Waals surface area contributed by atoms with Gasteiger partial charge in [0, 0.05) is 11.6 Å². The lowest BCUT2D eigenvalue weighted by atomic mass is 9.95. The van der Waals surface area contributed by atoms with Gasteiger partial charge in [0.15, 0.2) is 0 Å². The van der Waals surface area contributed by atoms with Crippen LogP contribution in [0.4, 0.5) is 4.39 Å². The summed E-state index contributed by atoms with van der Waals surface area (Å²) >= 11 is 0. The summed E-state index contributed by atoms with van der Waals surface area (Å²) in [7, 11) is 0. The van der Waals surface area contributed by atoms with Gasteiger partial charge < -0.3 is 15.9 Å². The maximum atomic E-state index is 13.2. The van der Waals surface area contributed by atoms with Crippen LogP contribution in [0, 0.1) is 11.7 Å². The van der Waals surface area contributed by atoms with Crippen molar-refractivity contribution in [2.45, 2.75) is 26.3 Å². The first-order valence-corrected chi connectivity index (χ1v) is 5.34. The first kappa shape index (κ1) is 16.7. The molecular formula is C12H17ClFNO3. The number of phenols is 1. The van der Waals surface area contributed by atoms with E-state index in [1.165, 1.54) is 0 Å². The topological polar surface area (TPSA) is 83.6 Å².